The maximum Gasteiger partial charge on any atom is 0.0249 e. The summed E-state index contributed by atoms with van der Waals surface area (Å²) in [7, 11) is 0. The highest BCUT2D eigenvalue weighted by atomic mass is 15.2. The molecule has 0 aromatic heterocycles. The Hall–Kier alpha value is -0.860. The average molecular weight is 270 g/mol. The smallest absolute Gasteiger partial charge is 0.0249 e. The second-order valence-electron chi connectivity index (χ2n) is 6.97. The molecule has 1 aromatic rings. The van der Waals surface area contributed by atoms with E-state index in [1.165, 1.54) is 45.3 Å². The van der Waals surface area contributed by atoms with Crippen molar-refractivity contribution in [3.8, 4) is 0 Å². The minimum Gasteiger partial charge on any atom is -0.311 e. The van der Waals surface area contributed by atoms with Crippen molar-refractivity contribution in [3.63, 3.8) is 0 Å². The number of benzene rings is 1. The number of hydrogen-bond donors (Lipinski definition) is 1. The number of nitrogens with one attached hydrogen (secondary N) is 1. The number of fused-ring (bicyclic) bond motifs is 1. The molecule has 3 unspecified atom stereocenters. The first-order valence-corrected chi connectivity index (χ1v) is 8.40. The Morgan fingerprint density at radius 2 is 2.10 bits per heavy atom. The van der Waals surface area contributed by atoms with Gasteiger partial charge in [-0.25, -0.2) is 0 Å². The van der Waals surface area contributed by atoms with Gasteiger partial charge < -0.3 is 5.32 Å². The van der Waals surface area contributed by atoms with E-state index in [2.05, 4.69) is 41.4 Å². The van der Waals surface area contributed by atoms with Crippen LogP contribution in [0.5, 0.6) is 0 Å². The molecule has 0 bridgehead atoms. The molecule has 0 spiro atoms. The van der Waals surface area contributed by atoms with E-state index in [0.717, 1.165) is 17.9 Å². The first kappa shape index (κ1) is 12.8. The Kier molecular flexibility index (Phi) is 3.31. The first-order chi connectivity index (χ1) is 9.85. The van der Waals surface area contributed by atoms with E-state index in [4.69, 9.17) is 0 Å². The van der Waals surface area contributed by atoms with Crippen LogP contribution >= 0.6 is 0 Å². The third kappa shape index (κ3) is 2.29. The summed E-state index contributed by atoms with van der Waals surface area (Å²) in [4.78, 5) is 2.82. The molecule has 2 nitrogen and oxygen atoms in total. The lowest BCUT2D eigenvalue weighted by Gasteiger charge is -2.44. The standard InChI is InChI=1S/C18H26N2/c1-2-16-12-20(18(10-19-16)13-7-8-13)11-15-9-14-5-3-4-6-17(14)15/h3-6,13,15-16,18-19H,2,7-12H2,1H3. The zero-order valence-corrected chi connectivity index (χ0v) is 12.5. The van der Waals surface area contributed by atoms with Crippen LogP contribution in [0.4, 0.5) is 0 Å². The number of hydrogen-bond acceptors (Lipinski definition) is 2. The summed E-state index contributed by atoms with van der Waals surface area (Å²) in [6, 6.07) is 10.5. The number of rotatable bonds is 4. The van der Waals surface area contributed by atoms with Crippen LogP contribution in [-0.4, -0.2) is 36.6 Å². The van der Waals surface area contributed by atoms with E-state index >= 15 is 0 Å². The van der Waals surface area contributed by atoms with Gasteiger partial charge in [0.2, 0.25) is 0 Å². The summed E-state index contributed by atoms with van der Waals surface area (Å²) in [5.74, 6) is 1.78. The predicted octanol–water partition coefficient (Wildman–Crippen LogP) is 2.79. The van der Waals surface area contributed by atoms with Crippen LogP contribution in [0.25, 0.3) is 0 Å². The summed E-state index contributed by atoms with van der Waals surface area (Å²) in [5, 5.41) is 3.76. The Morgan fingerprint density at radius 3 is 2.85 bits per heavy atom. The first-order valence-electron chi connectivity index (χ1n) is 8.40. The van der Waals surface area contributed by atoms with Gasteiger partial charge in [-0.05, 0) is 42.7 Å². The van der Waals surface area contributed by atoms with Gasteiger partial charge in [-0.2, -0.15) is 0 Å². The van der Waals surface area contributed by atoms with Gasteiger partial charge in [-0.3, -0.25) is 4.90 Å². The summed E-state index contributed by atoms with van der Waals surface area (Å²) in [5.41, 5.74) is 3.20. The largest absolute Gasteiger partial charge is 0.311 e. The van der Waals surface area contributed by atoms with Gasteiger partial charge in [0.05, 0.1) is 0 Å². The molecule has 1 aromatic carbocycles. The highest BCUT2D eigenvalue weighted by Crippen LogP contribution is 2.40. The van der Waals surface area contributed by atoms with Crippen LogP contribution in [-0.2, 0) is 6.42 Å². The van der Waals surface area contributed by atoms with Gasteiger partial charge in [-0.1, -0.05) is 31.2 Å². The molecule has 1 heterocycles. The van der Waals surface area contributed by atoms with Crippen molar-refractivity contribution < 1.29 is 0 Å². The van der Waals surface area contributed by atoms with E-state index in [1.807, 2.05) is 0 Å². The van der Waals surface area contributed by atoms with Crippen molar-refractivity contribution >= 4 is 0 Å². The molecule has 108 valence electrons. The zero-order chi connectivity index (χ0) is 13.5. The van der Waals surface area contributed by atoms with Gasteiger partial charge in [0, 0.05) is 37.6 Å². The molecule has 4 rings (SSSR count). The van der Waals surface area contributed by atoms with Crippen LogP contribution < -0.4 is 5.32 Å². The summed E-state index contributed by atoms with van der Waals surface area (Å²) < 4.78 is 0. The third-order valence-corrected chi connectivity index (χ3v) is 5.61. The monoisotopic (exact) mass is 270 g/mol. The zero-order valence-electron chi connectivity index (χ0n) is 12.5. The predicted molar refractivity (Wildman–Crippen MR) is 83.1 cm³/mol. The highest BCUT2D eigenvalue weighted by molar-refractivity contribution is 5.40. The topological polar surface area (TPSA) is 15.3 Å². The van der Waals surface area contributed by atoms with Crippen molar-refractivity contribution in [3.05, 3.63) is 35.4 Å². The molecule has 0 amide bonds. The van der Waals surface area contributed by atoms with Crippen LogP contribution in [0, 0.1) is 5.92 Å². The molecule has 20 heavy (non-hydrogen) atoms. The molecule has 2 fully saturated rings. The normalized spacial score (nSPS) is 33.5. The molecular weight excluding hydrogens is 244 g/mol. The quantitative estimate of drug-likeness (QED) is 0.905. The van der Waals surface area contributed by atoms with Crippen LogP contribution in [0.2, 0.25) is 0 Å². The molecule has 1 aliphatic heterocycles. The van der Waals surface area contributed by atoms with Gasteiger partial charge in [0.25, 0.3) is 0 Å². The van der Waals surface area contributed by atoms with Crippen LogP contribution in [0.3, 0.4) is 0 Å². The molecule has 1 N–H and O–H groups in total. The molecule has 0 radical (unpaired) electrons. The minimum absolute atomic E-state index is 0.709. The van der Waals surface area contributed by atoms with Crippen LogP contribution in [0.15, 0.2) is 24.3 Å². The average Bonchev–Trinajstić information content (AvgIpc) is 3.29. The van der Waals surface area contributed by atoms with Gasteiger partial charge >= 0.3 is 0 Å². The fraction of sp³-hybridized carbons (Fsp3) is 0.667. The Labute approximate surface area is 122 Å². The summed E-state index contributed by atoms with van der Waals surface area (Å²) in [6.07, 6.45) is 5.48. The molecule has 3 atom stereocenters. The molecule has 2 heteroatoms. The van der Waals surface area contributed by atoms with Gasteiger partial charge in [0.15, 0.2) is 0 Å². The second kappa shape index (κ2) is 5.16. The number of nitrogens with zero attached hydrogens (tertiary/aromatic N) is 1. The Morgan fingerprint density at radius 1 is 1.25 bits per heavy atom. The van der Waals surface area contributed by atoms with Crippen molar-refractivity contribution in [1.29, 1.82) is 0 Å². The van der Waals surface area contributed by atoms with Gasteiger partial charge in [0.1, 0.15) is 0 Å². The summed E-state index contributed by atoms with van der Waals surface area (Å²) >= 11 is 0. The lowest BCUT2D eigenvalue weighted by Crippen LogP contribution is -2.58. The van der Waals surface area contributed by atoms with E-state index in [9.17, 15) is 0 Å². The van der Waals surface area contributed by atoms with E-state index in [-0.39, 0.29) is 0 Å². The van der Waals surface area contributed by atoms with Crippen molar-refractivity contribution in [2.24, 2.45) is 5.92 Å². The molecule has 2 aliphatic carbocycles. The van der Waals surface area contributed by atoms with Crippen molar-refractivity contribution in [1.82, 2.24) is 10.2 Å². The van der Waals surface area contributed by atoms with E-state index < -0.39 is 0 Å². The van der Waals surface area contributed by atoms with Crippen molar-refractivity contribution in [2.75, 3.05) is 19.6 Å². The van der Waals surface area contributed by atoms with E-state index in [0.29, 0.717) is 6.04 Å². The molecule has 3 aliphatic rings. The lowest BCUT2D eigenvalue weighted by atomic mass is 9.77. The van der Waals surface area contributed by atoms with Crippen molar-refractivity contribution in [2.45, 2.75) is 50.6 Å². The minimum atomic E-state index is 0.709. The lowest BCUT2D eigenvalue weighted by molar-refractivity contribution is 0.103. The molecule has 1 saturated carbocycles. The fourth-order valence-corrected chi connectivity index (χ4v) is 4.14. The van der Waals surface area contributed by atoms with Crippen LogP contribution in [0.1, 0.15) is 43.2 Å². The summed E-state index contributed by atoms with van der Waals surface area (Å²) in [6.45, 7) is 6.08. The maximum absolute atomic E-state index is 3.76. The molecule has 1 saturated heterocycles. The van der Waals surface area contributed by atoms with E-state index in [1.54, 1.807) is 11.1 Å². The van der Waals surface area contributed by atoms with Gasteiger partial charge in [-0.15, -0.1) is 0 Å². The Balaban J connectivity index is 1.45. The second-order valence-corrected chi connectivity index (χ2v) is 6.97. The fourth-order valence-electron chi connectivity index (χ4n) is 4.14. The number of piperazine rings is 1. The third-order valence-electron chi connectivity index (χ3n) is 5.61. The maximum atomic E-state index is 3.76. The highest BCUT2D eigenvalue weighted by Gasteiger charge is 2.40. The SMILES string of the molecule is CCC1CN(CC2Cc3ccccc32)C(C2CC2)CN1. The Bertz CT molecular complexity index is 480. The molecular formula is C18H26N2.